The zero-order valence-corrected chi connectivity index (χ0v) is 16.0. The van der Waals surface area contributed by atoms with Crippen molar-refractivity contribution >= 4 is 5.91 Å². The number of benzene rings is 1. The van der Waals surface area contributed by atoms with Gasteiger partial charge >= 0.3 is 0 Å². The van der Waals surface area contributed by atoms with Crippen molar-refractivity contribution in [3.8, 4) is 5.75 Å². The van der Waals surface area contributed by atoms with Crippen molar-refractivity contribution in [2.24, 2.45) is 0 Å². The number of carbonyl (C=O) groups excluding carboxylic acids is 1. The molecule has 6 heteroatoms. The highest BCUT2D eigenvalue weighted by molar-refractivity contribution is 5.91. The van der Waals surface area contributed by atoms with Crippen molar-refractivity contribution in [3.05, 3.63) is 70.9 Å². The van der Waals surface area contributed by atoms with Gasteiger partial charge in [0.25, 0.3) is 5.91 Å². The van der Waals surface area contributed by atoms with E-state index in [1.165, 1.54) is 0 Å². The monoisotopic (exact) mass is 367 g/mol. The van der Waals surface area contributed by atoms with Gasteiger partial charge in [-0.05, 0) is 57.0 Å². The normalized spacial score (nSPS) is 10.8. The molecule has 0 unspecified atom stereocenters. The second kappa shape index (κ2) is 8.58. The molecule has 6 nitrogen and oxygen atoms in total. The third-order valence-corrected chi connectivity index (χ3v) is 4.28. The molecule has 0 aliphatic carbocycles. The lowest BCUT2D eigenvalue weighted by atomic mass is 10.2. The average molecular weight is 367 g/mol. The second-order valence-corrected chi connectivity index (χ2v) is 6.58. The molecule has 142 valence electrons. The van der Waals surface area contributed by atoms with Crippen LogP contribution in [-0.2, 0) is 13.2 Å². The topological polar surface area (TPSA) is 69.3 Å². The van der Waals surface area contributed by atoms with Gasteiger partial charge in [0.15, 0.2) is 5.76 Å². The molecular formula is C21H25N3O3. The maximum Gasteiger partial charge on any atom is 0.286 e. The summed E-state index contributed by atoms with van der Waals surface area (Å²) >= 11 is 0. The summed E-state index contributed by atoms with van der Waals surface area (Å²) in [6.07, 6.45) is 0.803. The lowest BCUT2D eigenvalue weighted by molar-refractivity contribution is 0.0920. The van der Waals surface area contributed by atoms with E-state index in [1.54, 1.807) is 12.1 Å². The van der Waals surface area contributed by atoms with Crippen LogP contribution in [0.2, 0.25) is 0 Å². The Morgan fingerprint density at radius 2 is 2.00 bits per heavy atom. The number of nitrogens with zero attached hydrogens (tertiary/aromatic N) is 2. The molecule has 0 saturated carbocycles. The number of hydrogen-bond donors (Lipinski definition) is 1. The van der Waals surface area contributed by atoms with Crippen molar-refractivity contribution in [1.29, 1.82) is 0 Å². The van der Waals surface area contributed by atoms with E-state index in [4.69, 9.17) is 9.15 Å². The van der Waals surface area contributed by atoms with E-state index in [-0.39, 0.29) is 12.5 Å². The van der Waals surface area contributed by atoms with Crippen LogP contribution in [0.4, 0.5) is 0 Å². The molecule has 0 bridgehead atoms. The van der Waals surface area contributed by atoms with Gasteiger partial charge < -0.3 is 14.5 Å². The number of ether oxygens (including phenoxy) is 1. The first-order chi connectivity index (χ1) is 13.0. The van der Waals surface area contributed by atoms with Gasteiger partial charge in [-0.15, -0.1) is 0 Å². The molecule has 0 radical (unpaired) electrons. The van der Waals surface area contributed by atoms with E-state index < -0.39 is 0 Å². The van der Waals surface area contributed by atoms with Crippen LogP contribution in [0, 0.1) is 20.8 Å². The maximum absolute atomic E-state index is 12.2. The Labute approximate surface area is 159 Å². The van der Waals surface area contributed by atoms with Crippen molar-refractivity contribution in [2.75, 3.05) is 6.54 Å². The van der Waals surface area contributed by atoms with Crippen LogP contribution in [0.5, 0.6) is 5.75 Å². The lowest BCUT2D eigenvalue weighted by Crippen LogP contribution is -2.25. The Bertz CT molecular complexity index is 911. The van der Waals surface area contributed by atoms with Crippen LogP contribution < -0.4 is 10.1 Å². The Morgan fingerprint density at radius 1 is 1.19 bits per heavy atom. The third-order valence-electron chi connectivity index (χ3n) is 4.28. The minimum atomic E-state index is -0.217. The molecule has 2 aromatic heterocycles. The van der Waals surface area contributed by atoms with E-state index in [0.29, 0.717) is 18.1 Å². The summed E-state index contributed by atoms with van der Waals surface area (Å²) in [7, 11) is 0. The highest BCUT2D eigenvalue weighted by atomic mass is 16.5. The predicted octanol–water partition coefficient (Wildman–Crippen LogP) is 3.80. The molecule has 27 heavy (non-hydrogen) atoms. The van der Waals surface area contributed by atoms with Gasteiger partial charge in [-0.3, -0.25) is 9.48 Å². The summed E-state index contributed by atoms with van der Waals surface area (Å²) in [5.41, 5.74) is 3.19. The molecule has 1 N–H and O–H groups in total. The highest BCUT2D eigenvalue weighted by Gasteiger charge is 2.11. The van der Waals surface area contributed by atoms with Crippen LogP contribution in [0.25, 0.3) is 0 Å². The highest BCUT2D eigenvalue weighted by Crippen LogP contribution is 2.18. The van der Waals surface area contributed by atoms with Gasteiger partial charge in [0, 0.05) is 18.8 Å². The molecule has 0 spiro atoms. The molecule has 2 heterocycles. The molecule has 0 atom stereocenters. The van der Waals surface area contributed by atoms with Crippen molar-refractivity contribution in [2.45, 2.75) is 40.3 Å². The Morgan fingerprint density at radius 3 is 2.74 bits per heavy atom. The fourth-order valence-electron chi connectivity index (χ4n) is 2.86. The zero-order chi connectivity index (χ0) is 19.2. The summed E-state index contributed by atoms with van der Waals surface area (Å²) < 4.78 is 13.3. The van der Waals surface area contributed by atoms with Crippen molar-refractivity contribution in [3.63, 3.8) is 0 Å². The van der Waals surface area contributed by atoms with E-state index in [9.17, 15) is 4.79 Å². The molecule has 0 aliphatic heterocycles. The summed E-state index contributed by atoms with van der Waals surface area (Å²) in [6, 6.07) is 13.3. The fourth-order valence-corrected chi connectivity index (χ4v) is 2.86. The van der Waals surface area contributed by atoms with E-state index in [2.05, 4.69) is 10.4 Å². The molecule has 1 amide bonds. The Kier molecular flexibility index (Phi) is 5.96. The lowest BCUT2D eigenvalue weighted by Gasteiger charge is -2.07. The molecular weight excluding hydrogens is 342 g/mol. The van der Waals surface area contributed by atoms with Crippen LogP contribution >= 0.6 is 0 Å². The Balaban J connectivity index is 1.44. The largest absolute Gasteiger partial charge is 0.485 e. The number of rotatable bonds is 8. The summed E-state index contributed by atoms with van der Waals surface area (Å²) in [5.74, 6) is 1.50. The van der Waals surface area contributed by atoms with Gasteiger partial charge in [-0.25, -0.2) is 0 Å². The fraction of sp³-hybridized carbons (Fsp3) is 0.333. The molecule has 1 aromatic carbocycles. The molecule has 3 rings (SSSR count). The van der Waals surface area contributed by atoms with E-state index >= 15 is 0 Å². The Hall–Kier alpha value is -3.02. The number of hydrogen-bond acceptors (Lipinski definition) is 4. The van der Waals surface area contributed by atoms with Gasteiger partial charge in [0.1, 0.15) is 18.1 Å². The van der Waals surface area contributed by atoms with Gasteiger partial charge in [-0.2, -0.15) is 5.10 Å². The van der Waals surface area contributed by atoms with Crippen LogP contribution in [0.3, 0.4) is 0 Å². The second-order valence-electron chi connectivity index (χ2n) is 6.58. The first-order valence-electron chi connectivity index (χ1n) is 9.09. The summed E-state index contributed by atoms with van der Waals surface area (Å²) in [4.78, 5) is 12.2. The van der Waals surface area contributed by atoms with Gasteiger partial charge in [0.05, 0.1) is 5.69 Å². The van der Waals surface area contributed by atoms with Crippen LogP contribution in [0.15, 0.2) is 46.9 Å². The standard InChI is InChI=1S/C21H25N3O3/c1-15-7-4-5-8-19(15)26-14-18-9-10-20(27-18)21(25)22-11-6-12-24-17(3)13-16(2)23-24/h4-5,7-10,13H,6,11-12,14H2,1-3H3,(H,22,25). The smallest absolute Gasteiger partial charge is 0.286 e. The maximum atomic E-state index is 12.2. The number of aromatic nitrogens is 2. The average Bonchev–Trinajstić information content (AvgIpc) is 3.24. The van der Waals surface area contributed by atoms with Crippen LogP contribution in [0.1, 0.15) is 39.7 Å². The molecule has 0 saturated heterocycles. The third kappa shape index (κ3) is 5.00. The molecule has 0 aliphatic rings. The number of aryl methyl sites for hydroxylation is 4. The summed E-state index contributed by atoms with van der Waals surface area (Å²) in [6.45, 7) is 7.61. The van der Waals surface area contributed by atoms with E-state index in [0.717, 1.165) is 35.7 Å². The summed E-state index contributed by atoms with van der Waals surface area (Å²) in [5, 5.41) is 7.29. The number of nitrogens with one attached hydrogen (secondary N) is 1. The number of para-hydroxylation sites is 1. The van der Waals surface area contributed by atoms with Crippen molar-refractivity contribution < 1.29 is 13.9 Å². The SMILES string of the molecule is Cc1cc(C)n(CCCNC(=O)c2ccc(COc3ccccc3C)o2)n1. The van der Waals surface area contributed by atoms with Crippen molar-refractivity contribution in [1.82, 2.24) is 15.1 Å². The first-order valence-corrected chi connectivity index (χ1v) is 9.09. The van der Waals surface area contributed by atoms with Gasteiger partial charge in [0.2, 0.25) is 0 Å². The minimum absolute atomic E-state index is 0.217. The first kappa shape index (κ1) is 18.8. The minimum Gasteiger partial charge on any atom is -0.485 e. The quantitative estimate of drug-likeness (QED) is 0.615. The number of furan rings is 1. The van der Waals surface area contributed by atoms with E-state index in [1.807, 2.05) is 55.8 Å². The number of carbonyl (C=O) groups is 1. The number of amides is 1. The molecule has 3 aromatic rings. The zero-order valence-electron chi connectivity index (χ0n) is 16.0. The van der Waals surface area contributed by atoms with Gasteiger partial charge in [-0.1, -0.05) is 18.2 Å². The van der Waals surface area contributed by atoms with Crippen LogP contribution in [-0.4, -0.2) is 22.2 Å². The molecule has 0 fully saturated rings. The predicted molar refractivity (Wildman–Crippen MR) is 103 cm³/mol.